The van der Waals surface area contributed by atoms with E-state index < -0.39 is 5.97 Å². The third-order valence-electron chi connectivity index (χ3n) is 4.01. The molecule has 1 N–H and O–H groups in total. The largest absolute Gasteiger partial charge is 0.478 e. The molecular formula is C14H18N4O2. The van der Waals surface area contributed by atoms with Gasteiger partial charge < -0.3 is 10.0 Å². The molecule has 20 heavy (non-hydrogen) atoms. The second-order valence-electron chi connectivity index (χ2n) is 5.32. The maximum absolute atomic E-state index is 11.0. The minimum absolute atomic E-state index is 0.264. The second kappa shape index (κ2) is 5.20. The number of carboxylic acid groups (broad SMARTS) is 1. The summed E-state index contributed by atoms with van der Waals surface area (Å²) in [5, 5.41) is 17.4. The van der Waals surface area contributed by atoms with E-state index in [0.717, 1.165) is 31.9 Å². The van der Waals surface area contributed by atoms with E-state index in [0.29, 0.717) is 11.6 Å². The van der Waals surface area contributed by atoms with Gasteiger partial charge in [0.15, 0.2) is 5.65 Å². The molecule has 0 spiro atoms. The Bertz CT molecular complexity index is 637. The first-order valence-electron chi connectivity index (χ1n) is 6.96. The van der Waals surface area contributed by atoms with Gasteiger partial charge in [-0.1, -0.05) is 6.92 Å². The molecule has 0 amide bonds. The average Bonchev–Trinajstić information content (AvgIpc) is 3.06. The summed E-state index contributed by atoms with van der Waals surface area (Å²) < 4.78 is 1.80. The van der Waals surface area contributed by atoms with Crippen LogP contribution in [-0.2, 0) is 6.42 Å². The van der Waals surface area contributed by atoms with Gasteiger partial charge in [-0.15, -0.1) is 10.2 Å². The van der Waals surface area contributed by atoms with Gasteiger partial charge in [0.05, 0.1) is 5.56 Å². The molecule has 1 aliphatic rings. The van der Waals surface area contributed by atoms with Gasteiger partial charge in [-0.05, 0) is 37.6 Å². The third-order valence-corrected chi connectivity index (χ3v) is 4.01. The topological polar surface area (TPSA) is 70.7 Å². The Balaban J connectivity index is 1.84. The molecule has 3 rings (SSSR count). The lowest BCUT2D eigenvalue weighted by Gasteiger charge is -2.12. The molecule has 1 fully saturated rings. The van der Waals surface area contributed by atoms with Gasteiger partial charge in [0.25, 0.3) is 0 Å². The molecule has 1 aliphatic heterocycles. The van der Waals surface area contributed by atoms with Crippen LogP contribution in [0.5, 0.6) is 0 Å². The molecule has 6 heteroatoms. The first-order chi connectivity index (χ1) is 9.67. The quantitative estimate of drug-likeness (QED) is 0.910. The van der Waals surface area contributed by atoms with Crippen molar-refractivity contribution in [2.45, 2.75) is 19.8 Å². The van der Waals surface area contributed by atoms with Crippen LogP contribution < -0.4 is 0 Å². The third kappa shape index (κ3) is 2.38. The summed E-state index contributed by atoms with van der Waals surface area (Å²) in [5.74, 6) is 0.506. The van der Waals surface area contributed by atoms with Crippen molar-refractivity contribution in [2.75, 3.05) is 19.6 Å². The fourth-order valence-electron chi connectivity index (χ4n) is 2.83. The van der Waals surface area contributed by atoms with Crippen LogP contribution in [-0.4, -0.2) is 50.2 Å². The van der Waals surface area contributed by atoms with Gasteiger partial charge in [0.2, 0.25) is 0 Å². The Hall–Kier alpha value is -1.95. The zero-order valence-corrected chi connectivity index (χ0v) is 11.5. The minimum atomic E-state index is -0.926. The van der Waals surface area contributed by atoms with Crippen LogP contribution >= 0.6 is 0 Å². The molecule has 2 aromatic rings. The lowest BCUT2D eigenvalue weighted by Crippen LogP contribution is -2.20. The Kier molecular flexibility index (Phi) is 3.40. The van der Waals surface area contributed by atoms with Crippen LogP contribution in [0.15, 0.2) is 18.3 Å². The standard InChI is InChI=1S/C14H18N4O2/c1-2-17-6-5-10(8-17)7-13-16-15-12-4-3-11(14(19)20)9-18(12)13/h3-4,9-10H,2,5-8H2,1H3,(H,19,20). The van der Waals surface area contributed by atoms with E-state index in [2.05, 4.69) is 22.0 Å². The van der Waals surface area contributed by atoms with Crippen molar-refractivity contribution >= 4 is 11.6 Å². The molecule has 106 valence electrons. The number of carbonyl (C=O) groups is 1. The molecule has 0 bridgehead atoms. The van der Waals surface area contributed by atoms with Gasteiger partial charge in [-0.2, -0.15) is 0 Å². The first-order valence-corrected chi connectivity index (χ1v) is 6.96. The number of pyridine rings is 1. The molecule has 0 saturated carbocycles. The van der Waals surface area contributed by atoms with Crippen molar-refractivity contribution < 1.29 is 9.90 Å². The highest BCUT2D eigenvalue weighted by Gasteiger charge is 2.23. The number of rotatable bonds is 4. The lowest BCUT2D eigenvalue weighted by atomic mass is 10.0. The molecule has 1 atom stereocenters. The van der Waals surface area contributed by atoms with E-state index in [9.17, 15) is 4.79 Å². The summed E-state index contributed by atoms with van der Waals surface area (Å²) in [6.07, 6.45) is 3.63. The molecule has 0 aromatic carbocycles. The average molecular weight is 274 g/mol. The summed E-state index contributed by atoms with van der Waals surface area (Å²) in [6.45, 7) is 5.48. The molecule has 0 radical (unpaired) electrons. The molecule has 0 aliphatic carbocycles. The maximum Gasteiger partial charge on any atom is 0.337 e. The molecule has 2 aromatic heterocycles. The Morgan fingerprint density at radius 2 is 2.30 bits per heavy atom. The number of nitrogens with zero attached hydrogens (tertiary/aromatic N) is 4. The number of aromatic nitrogens is 3. The van der Waals surface area contributed by atoms with Gasteiger partial charge in [0, 0.05) is 19.2 Å². The summed E-state index contributed by atoms with van der Waals surface area (Å²) in [7, 11) is 0. The summed E-state index contributed by atoms with van der Waals surface area (Å²) >= 11 is 0. The predicted octanol–water partition coefficient (Wildman–Crippen LogP) is 1.31. The fourth-order valence-corrected chi connectivity index (χ4v) is 2.83. The van der Waals surface area contributed by atoms with E-state index in [1.165, 1.54) is 6.42 Å². The predicted molar refractivity (Wildman–Crippen MR) is 73.9 cm³/mol. The monoisotopic (exact) mass is 274 g/mol. The molecule has 1 unspecified atom stereocenters. The lowest BCUT2D eigenvalue weighted by molar-refractivity contribution is 0.0696. The van der Waals surface area contributed by atoms with Gasteiger partial charge >= 0.3 is 5.97 Å². The van der Waals surface area contributed by atoms with Crippen molar-refractivity contribution in [2.24, 2.45) is 5.92 Å². The van der Waals surface area contributed by atoms with E-state index >= 15 is 0 Å². The SMILES string of the molecule is CCN1CCC(Cc2nnc3ccc(C(=O)O)cn23)C1. The van der Waals surface area contributed by atoms with Crippen LogP contribution in [0.4, 0.5) is 0 Å². The number of carboxylic acids is 1. The maximum atomic E-state index is 11.0. The smallest absolute Gasteiger partial charge is 0.337 e. The first kappa shape index (κ1) is 13.1. The summed E-state index contributed by atoms with van der Waals surface area (Å²) in [5.41, 5.74) is 0.968. The van der Waals surface area contributed by atoms with Crippen LogP contribution in [0.3, 0.4) is 0 Å². The zero-order valence-electron chi connectivity index (χ0n) is 11.5. The molecule has 3 heterocycles. The highest BCUT2D eigenvalue weighted by Crippen LogP contribution is 2.20. The Morgan fingerprint density at radius 3 is 3.00 bits per heavy atom. The molecule has 1 saturated heterocycles. The van der Waals surface area contributed by atoms with Crippen molar-refractivity contribution in [1.82, 2.24) is 19.5 Å². The number of aromatic carboxylic acids is 1. The van der Waals surface area contributed by atoms with Crippen molar-refractivity contribution in [1.29, 1.82) is 0 Å². The van der Waals surface area contributed by atoms with Crippen LogP contribution in [0, 0.1) is 5.92 Å². The van der Waals surface area contributed by atoms with E-state index in [1.807, 2.05) is 0 Å². The van der Waals surface area contributed by atoms with Crippen molar-refractivity contribution in [3.63, 3.8) is 0 Å². The van der Waals surface area contributed by atoms with Crippen LogP contribution in [0.1, 0.15) is 29.5 Å². The highest BCUT2D eigenvalue weighted by molar-refractivity contribution is 5.87. The Labute approximate surface area is 117 Å². The summed E-state index contributed by atoms with van der Waals surface area (Å²) in [6, 6.07) is 3.26. The Morgan fingerprint density at radius 1 is 1.45 bits per heavy atom. The van der Waals surface area contributed by atoms with E-state index in [1.54, 1.807) is 22.7 Å². The van der Waals surface area contributed by atoms with E-state index in [-0.39, 0.29) is 5.56 Å². The molecular weight excluding hydrogens is 256 g/mol. The van der Waals surface area contributed by atoms with Gasteiger partial charge in [-0.3, -0.25) is 4.40 Å². The normalized spacial score (nSPS) is 19.8. The van der Waals surface area contributed by atoms with Crippen LogP contribution in [0.25, 0.3) is 5.65 Å². The van der Waals surface area contributed by atoms with Crippen molar-refractivity contribution in [3.8, 4) is 0 Å². The summed E-state index contributed by atoms with van der Waals surface area (Å²) in [4.78, 5) is 13.5. The number of hydrogen-bond acceptors (Lipinski definition) is 4. The highest BCUT2D eigenvalue weighted by atomic mass is 16.4. The zero-order chi connectivity index (χ0) is 14.1. The second-order valence-corrected chi connectivity index (χ2v) is 5.32. The number of hydrogen-bond donors (Lipinski definition) is 1. The minimum Gasteiger partial charge on any atom is -0.478 e. The number of fused-ring (bicyclic) bond motifs is 1. The van der Waals surface area contributed by atoms with Crippen molar-refractivity contribution in [3.05, 3.63) is 29.7 Å². The van der Waals surface area contributed by atoms with Gasteiger partial charge in [-0.25, -0.2) is 4.79 Å². The fraction of sp³-hybridized carbons (Fsp3) is 0.500. The van der Waals surface area contributed by atoms with Crippen LogP contribution in [0.2, 0.25) is 0 Å². The number of likely N-dealkylation sites (tertiary alicyclic amines) is 1. The van der Waals surface area contributed by atoms with E-state index in [4.69, 9.17) is 5.11 Å². The van der Waals surface area contributed by atoms with Gasteiger partial charge in [0.1, 0.15) is 5.82 Å². The molecule has 6 nitrogen and oxygen atoms in total.